The third-order valence-corrected chi connectivity index (χ3v) is 4.34. The van der Waals surface area contributed by atoms with E-state index in [4.69, 9.17) is 16.3 Å². The Bertz CT molecular complexity index is 932. The van der Waals surface area contributed by atoms with E-state index in [0.717, 1.165) is 16.9 Å². The predicted molar refractivity (Wildman–Crippen MR) is 97.0 cm³/mol. The van der Waals surface area contributed by atoms with Gasteiger partial charge in [-0.2, -0.15) is 0 Å². The molecule has 2 aromatic heterocycles. The van der Waals surface area contributed by atoms with E-state index in [-0.39, 0.29) is 5.91 Å². The molecule has 3 aromatic rings. The lowest BCUT2D eigenvalue weighted by molar-refractivity contribution is 0.0732. The number of amides is 1. The minimum Gasteiger partial charge on any atom is -0.491 e. The minimum absolute atomic E-state index is 0.140. The first-order chi connectivity index (χ1) is 12.7. The maximum absolute atomic E-state index is 12.8. The fourth-order valence-corrected chi connectivity index (χ4v) is 3.00. The number of fused-ring (bicyclic) bond motifs is 1. The van der Waals surface area contributed by atoms with E-state index < -0.39 is 0 Å². The fourth-order valence-electron chi connectivity index (χ4n) is 2.80. The molecule has 7 heteroatoms. The quantitative estimate of drug-likeness (QED) is 0.696. The maximum Gasteiger partial charge on any atom is 0.257 e. The van der Waals surface area contributed by atoms with E-state index in [1.165, 1.54) is 0 Å². The number of nitrogens with zero attached hydrogens (tertiary/aromatic N) is 4. The third-order valence-electron chi connectivity index (χ3n) is 4.11. The third kappa shape index (κ3) is 3.36. The Morgan fingerprint density at radius 2 is 2.00 bits per heavy atom. The van der Waals surface area contributed by atoms with Crippen molar-refractivity contribution in [3.05, 3.63) is 71.3 Å². The van der Waals surface area contributed by atoms with Crippen molar-refractivity contribution in [3.63, 3.8) is 0 Å². The van der Waals surface area contributed by atoms with Crippen LogP contribution in [0.5, 0.6) is 5.75 Å². The SMILES string of the molecule is O=C(c1cnc(-c2cccnc2)nc1)N1CCOc2ccc(Cl)cc2C1. The van der Waals surface area contributed by atoms with Gasteiger partial charge in [-0.3, -0.25) is 9.78 Å². The molecule has 0 N–H and O–H groups in total. The average molecular weight is 367 g/mol. The molecular weight excluding hydrogens is 352 g/mol. The maximum atomic E-state index is 12.8. The molecule has 26 heavy (non-hydrogen) atoms. The van der Waals surface area contributed by atoms with Crippen LogP contribution in [0.4, 0.5) is 0 Å². The second-order valence-corrected chi connectivity index (χ2v) is 6.30. The van der Waals surface area contributed by atoms with Gasteiger partial charge in [0.25, 0.3) is 5.91 Å². The molecular formula is C19H15ClN4O2. The first kappa shape index (κ1) is 16.5. The standard InChI is InChI=1S/C19H15ClN4O2/c20-16-3-4-17-14(8-16)12-24(6-7-26-17)19(25)15-10-22-18(23-11-15)13-2-1-5-21-9-13/h1-5,8-11H,6-7,12H2. The number of carbonyl (C=O) groups excluding carboxylic acids is 1. The smallest absolute Gasteiger partial charge is 0.257 e. The fraction of sp³-hybridized carbons (Fsp3) is 0.158. The van der Waals surface area contributed by atoms with E-state index >= 15 is 0 Å². The van der Waals surface area contributed by atoms with Crippen LogP contribution in [0.3, 0.4) is 0 Å². The predicted octanol–water partition coefficient (Wildman–Crippen LogP) is 3.23. The lowest BCUT2D eigenvalue weighted by atomic mass is 10.2. The summed E-state index contributed by atoms with van der Waals surface area (Å²) < 4.78 is 5.71. The summed E-state index contributed by atoms with van der Waals surface area (Å²) in [6.07, 6.45) is 6.46. The second kappa shape index (κ2) is 7.09. The van der Waals surface area contributed by atoms with E-state index in [1.54, 1.807) is 35.8 Å². The lowest BCUT2D eigenvalue weighted by Gasteiger charge is -2.19. The number of ether oxygens (including phenoxy) is 1. The van der Waals surface area contributed by atoms with Crippen LogP contribution in [-0.4, -0.2) is 38.9 Å². The Kier molecular flexibility index (Phi) is 4.50. The van der Waals surface area contributed by atoms with Crippen molar-refractivity contribution >= 4 is 17.5 Å². The summed E-state index contributed by atoms with van der Waals surface area (Å²) in [6, 6.07) is 9.12. The summed E-state index contributed by atoms with van der Waals surface area (Å²) in [5.41, 5.74) is 2.12. The molecule has 0 aliphatic carbocycles. The molecule has 0 spiro atoms. The van der Waals surface area contributed by atoms with Crippen molar-refractivity contribution in [1.29, 1.82) is 0 Å². The molecule has 0 saturated heterocycles. The Morgan fingerprint density at radius 1 is 1.15 bits per heavy atom. The van der Waals surface area contributed by atoms with Gasteiger partial charge in [0.15, 0.2) is 5.82 Å². The van der Waals surface area contributed by atoms with Gasteiger partial charge < -0.3 is 9.64 Å². The van der Waals surface area contributed by atoms with Crippen molar-refractivity contribution in [3.8, 4) is 17.1 Å². The van der Waals surface area contributed by atoms with Crippen molar-refractivity contribution < 1.29 is 9.53 Å². The Labute approximate surface area is 155 Å². The van der Waals surface area contributed by atoms with Gasteiger partial charge in [-0.25, -0.2) is 9.97 Å². The summed E-state index contributed by atoms with van der Waals surface area (Å²) in [4.78, 5) is 27.2. The number of benzene rings is 1. The Morgan fingerprint density at radius 3 is 2.77 bits per heavy atom. The summed E-state index contributed by atoms with van der Waals surface area (Å²) in [5.74, 6) is 1.15. The number of carbonyl (C=O) groups is 1. The molecule has 1 aliphatic rings. The number of rotatable bonds is 2. The number of halogens is 1. The molecule has 1 aliphatic heterocycles. The molecule has 130 valence electrons. The van der Waals surface area contributed by atoms with Crippen LogP contribution in [0.2, 0.25) is 5.02 Å². The van der Waals surface area contributed by atoms with Crippen LogP contribution in [0.15, 0.2) is 55.1 Å². The molecule has 1 aromatic carbocycles. The summed E-state index contributed by atoms with van der Waals surface area (Å²) in [6.45, 7) is 1.34. The van der Waals surface area contributed by atoms with Gasteiger partial charge in [-0.15, -0.1) is 0 Å². The van der Waals surface area contributed by atoms with Gasteiger partial charge in [0.1, 0.15) is 12.4 Å². The number of hydrogen-bond acceptors (Lipinski definition) is 5. The van der Waals surface area contributed by atoms with Crippen LogP contribution in [0.25, 0.3) is 11.4 Å². The zero-order chi connectivity index (χ0) is 17.9. The molecule has 0 bridgehead atoms. The minimum atomic E-state index is -0.140. The highest BCUT2D eigenvalue weighted by atomic mass is 35.5. The summed E-state index contributed by atoms with van der Waals surface area (Å²) in [7, 11) is 0. The van der Waals surface area contributed by atoms with E-state index in [1.807, 2.05) is 24.3 Å². The average Bonchev–Trinajstić information content (AvgIpc) is 2.90. The van der Waals surface area contributed by atoms with Gasteiger partial charge in [0, 0.05) is 47.5 Å². The van der Waals surface area contributed by atoms with Gasteiger partial charge >= 0.3 is 0 Å². The van der Waals surface area contributed by atoms with Crippen LogP contribution in [0.1, 0.15) is 15.9 Å². The molecule has 0 atom stereocenters. The first-order valence-corrected chi connectivity index (χ1v) is 8.51. The van der Waals surface area contributed by atoms with Gasteiger partial charge in [0.2, 0.25) is 0 Å². The zero-order valence-electron chi connectivity index (χ0n) is 13.8. The summed E-state index contributed by atoms with van der Waals surface area (Å²) in [5, 5.41) is 0.616. The zero-order valence-corrected chi connectivity index (χ0v) is 14.6. The topological polar surface area (TPSA) is 68.2 Å². The molecule has 0 fully saturated rings. The van der Waals surface area contributed by atoms with Crippen molar-refractivity contribution in [1.82, 2.24) is 19.9 Å². The Hall–Kier alpha value is -2.99. The lowest BCUT2D eigenvalue weighted by Crippen LogP contribution is -2.32. The van der Waals surface area contributed by atoms with Crippen molar-refractivity contribution in [2.45, 2.75) is 6.54 Å². The highest BCUT2D eigenvalue weighted by Gasteiger charge is 2.22. The van der Waals surface area contributed by atoms with E-state index in [9.17, 15) is 4.79 Å². The normalized spacial score (nSPS) is 13.5. The molecule has 4 rings (SSSR count). The molecule has 6 nitrogen and oxygen atoms in total. The van der Waals surface area contributed by atoms with Gasteiger partial charge in [0.05, 0.1) is 12.1 Å². The molecule has 1 amide bonds. The summed E-state index contributed by atoms with van der Waals surface area (Å²) >= 11 is 6.07. The monoisotopic (exact) mass is 366 g/mol. The van der Waals surface area contributed by atoms with Crippen LogP contribution in [-0.2, 0) is 6.54 Å². The molecule has 0 unspecified atom stereocenters. The number of aromatic nitrogens is 3. The van der Waals surface area contributed by atoms with Gasteiger partial charge in [-0.05, 0) is 30.3 Å². The Balaban J connectivity index is 1.55. The van der Waals surface area contributed by atoms with Crippen molar-refractivity contribution in [2.24, 2.45) is 0 Å². The first-order valence-electron chi connectivity index (χ1n) is 8.13. The van der Waals surface area contributed by atoms with Crippen LogP contribution < -0.4 is 4.74 Å². The molecule has 0 radical (unpaired) electrons. The van der Waals surface area contributed by atoms with E-state index in [2.05, 4.69) is 15.0 Å². The van der Waals surface area contributed by atoms with Crippen molar-refractivity contribution in [2.75, 3.05) is 13.2 Å². The number of hydrogen-bond donors (Lipinski definition) is 0. The van der Waals surface area contributed by atoms with Gasteiger partial charge in [-0.1, -0.05) is 11.6 Å². The van der Waals surface area contributed by atoms with E-state index in [0.29, 0.717) is 36.1 Å². The number of pyridine rings is 1. The second-order valence-electron chi connectivity index (χ2n) is 5.86. The highest BCUT2D eigenvalue weighted by molar-refractivity contribution is 6.30. The largest absolute Gasteiger partial charge is 0.491 e. The molecule has 3 heterocycles. The molecule has 0 saturated carbocycles. The van der Waals surface area contributed by atoms with Crippen LogP contribution in [0, 0.1) is 0 Å². The van der Waals surface area contributed by atoms with Crippen LogP contribution >= 0.6 is 11.6 Å². The highest BCUT2D eigenvalue weighted by Crippen LogP contribution is 2.27.